The summed E-state index contributed by atoms with van der Waals surface area (Å²) in [6, 6.07) is 0.530. The van der Waals surface area contributed by atoms with E-state index in [4.69, 9.17) is 5.73 Å². The molecule has 90 valence electrons. The number of rotatable bonds is 2. The normalized spacial score (nSPS) is 31.6. The van der Waals surface area contributed by atoms with E-state index in [9.17, 15) is 0 Å². The summed E-state index contributed by atoms with van der Waals surface area (Å²) in [5.41, 5.74) is 6.24. The Morgan fingerprint density at radius 3 is 2.00 bits per heavy atom. The van der Waals surface area contributed by atoms with Crippen LogP contribution in [0, 0.1) is 17.3 Å². The molecule has 0 amide bonds. The molecule has 0 aromatic rings. The average molecular weight is 212 g/mol. The molecule has 1 fully saturated rings. The molecule has 2 heteroatoms. The first-order chi connectivity index (χ1) is 6.84. The molecule has 1 aliphatic heterocycles. The van der Waals surface area contributed by atoms with Gasteiger partial charge in [-0.05, 0) is 23.7 Å². The quantitative estimate of drug-likeness (QED) is 0.761. The van der Waals surface area contributed by atoms with E-state index in [0.29, 0.717) is 11.5 Å². The van der Waals surface area contributed by atoms with E-state index in [0.717, 1.165) is 18.4 Å². The van der Waals surface area contributed by atoms with Crippen LogP contribution in [0.2, 0.25) is 0 Å². The van der Waals surface area contributed by atoms with Crippen molar-refractivity contribution in [3.63, 3.8) is 0 Å². The van der Waals surface area contributed by atoms with E-state index in [-0.39, 0.29) is 0 Å². The molecule has 0 aliphatic carbocycles. The highest BCUT2D eigenvalue weighted by atomic mass is 15.2. The average Bonchev–Trinajstić information content (AvgIpc) is 1.99. The fourth-order valence-corrected chi connectivity index (χ4v) is 3.02. The van der Waals surface area contributed by atoms with Gasteiger partial charge in [0.1, 0.15) is 0 Å². The summed E-state index contributed by atoms with van der Waals surface area (Å²) in [4.78, 5) is 2.61. The largest absolute Gasteiger partial charge is 0.329 e. The molecule has 0 aromatic carbocycles. The summed E-state index contributed by atoms with van der Waals surface area (Å²) < 4.78 is 0. The van der Waals surface area contributed by atoms with Crippen LogP contribution in [0.5, 0.6) is 0 Å². The first-order valence-electron chi connectivity index (χ1n) is 6.28. The predicted octanol–water partition coefficient (Wildman–Crippen LogP) is 2.34. The Balaban J connectivity index is 2.68. The van der Waals surface area contributed by atoms with Gasteiger partial charge in [0.15, 0.2) is 0 Å². The number of hydrogen-bond donors (Lipinski definition) is 1. The van der Waals surface area contributed by atoms with E-state index in [1.807, 2.05) is 0 Å². The molecule has 1 heterocycles. The molecule has 1 saturated heterocycles. The highest BCUT2D eigenvalue weighted by molar-refractivity contribution is 4.88. The Labute approximate surface area is 95.2 Å². The third-order valence-electron chi connectivity index (χ3n) is 3.56. The summed E-state index contributed by atoms with van der Waals surface area (Å²) in [6.45, 7) is 14.9. The zero-order valence-corrected chi connectivity index (χ0v) is 11.1. The Kier molecular flexibility index (Phi) is 4.19. The van der Waals surface area contributed by atoms with E-state index in [2.05, 4.69) is 39.5 Å². The van der Waals surface area contributed by atoms with Crippen LogP contribution in [-0.2, 0) is 0 Å². The maximum Gasteiger partial charge on any atom is 0.0267 e. The molecule has 0 radical (unpaired) electrons. The van der Waals surface area contributed by atoms with Crippen LogP contribution in [0.25, 0.3) is 0 Å². The first-order valence-corrected chi connectivity index (χ1v) is 6.28. The Morgan fingerprint density at radius 2 is 1.67 bits per heavy atom. The van der Waals surface area contributed by atoms with Crippen LogP contribution < -0.4 is 5.73 Å². The fourth-order valence-electron chi connectivity index (χ4n) is 3.02. The standard InChI is InChI=1S/C13H28N2/c1-10-6-11(2)9-15(8-10)12(7-14)13(3,4)5/h10-12H,6-9,14H2,1-5H3. The molecule has 2 nitrogen and oxygen atoms in total. The second-order valence-corrected chi connectivity index (χ2v) is 6.52. The van der Waals surface area contributed by atoms with Gasteiger partial charge in [0.2, 0.25) is 0 Å². The van der Waals surface area contributed by atoms with E-state index in [1.165, 1.54) is 19.5 Å². The fraction of sp³-hybridized carbons (Fsp3) is 1.00. The van der Waals surface area contributed by atoms with Crippen LogP contribution in [0.15, 0.2) is 0 Å². The molecular formula is C13H28N2. The van der Waals surface area contributed by atoms with Crippen molar-refractivity contribution >= 4 is 0 Å². The molecule has 15 heavy (non-hydrogen) atoms. The summed E-state index contributed by atoms with van der Waals surface area (Å²) in [7, 11) is 0. The van der Waals surface area contributed by atoms with Crippen molar-refractivity contribution in [3.8, 4) is 0 Å². The molecule has 0 bridgehead atoms. The van der Waals surface area contributed by atoms with Crippen molar-refractivity contribution in [2.45, 2.75) is 47.1 Å². The highest BCUT2D eigenvalue weighted by Gasteiger charge is 2.33. The molecule has 2 N–H and O–H groups in total. The molecule has 3 unspecified atom stereocenters. The molecular weight excluding hydrogens is 184 g/mol. The molecule has 3 atom stereocenters. The van der Waals surface area contributed by atoms with Crippen LogP contribution in [0.3, 0.4) is 0 Å². The molecule has 1 aliphatic rings. The van der Waals surface area contributed by atoms with Crippen molar-refractivity contribution in [1.29, 1.82) is 0 Å². The zero-order chi connectivity index (χ0) is 11.6. The summed E-state index contributed by atoms with van der Waals surface area (Å²) in [5, 5.41) is 0. The minimum atomic E-state index is 0.297. The lowest BCUT2D eigenvalue weighted by atomic mass is 9.82. The minimum Gasteiger partial charge on any atom is -0.329 e. The molecule has 0 saturated carbocycles. The zero-order valence-electron chi connectivity index (χ0n) is 11.1. The topological polar surface area (TPSA) is 29.3 Å². The summed E-state index contributed by atoms with van der Waals surface area (Å²) in [6.07, 6.45) is 1.37. The third-order valence-corrected chi connectivity index (χ3v) is 3.56. The lowest BCUT2D eigenvalue weighted by Crippen LogP contribution is -2.53. The van der Waals surface area contributed by atoms with Gasteiger partial charge in [0, 0.05) is 25.7 Å². The highest BCUT2D eigenvalue weighted by Crippen LogP contribution is 2.29. The predicted molar refractivity (Wildman–Crippen MR) is 66.8 cm³/mol. The minimum absolute atomic E-state index is 0.297. The van der Waals surface area contributed by atoms with Gasteiger partial charge in [-0.2, -0.15) is 0 Å². The van der Waals surface area contributed by atoms with Gasteiger partial charge in [0.25, 0.3) is 0 Å². The number of piperidine rings is 1. The number of hydrogen-bond acceptors (Lipinski definition) is 2. The monoisotopic (exact) mass is 212 g/mol. The second-order valence-electron chi connectivity index (χ2n) is 6.52. The van der Waals surface area contributed by atoms with Crippen LogP contribution in [0.4, 0.5) is 0 Å². The SMILES string of the molecule is CC1CC(C)CN(C(CN)C(C)(C)C)C1. The van der Waals surface area contributed by atoms with Crippen molar-refractivity contribution < 1.29 is 0 Å². The van der Waals surface area contributed by atoms with Crippen molar-refractivity contribution in [2.24, 2.45) is 23.0 Å². The third kappa shape index (κ3) is 3.46. The van der Waals surface area contributed by atoms with Gasteiger partial charge in [0.05, 0.1) is 0 Å². The van der Waals surface area contributed by atoms with Gasteiger partial charge in [-0.3, -0.25) is 4.90 Å². The van der Waals surface area contributed by atoms with Gasteiger partial charge >= 0.3 is 0 Å². The summed E-state index contributed by atoms with van der Waals surface area (Å²) in [5.74, 6) is 1.65. The van der Waals surface area contributed by atoms with E-state index in [1.54, 1.807) is 0 Å². The van der Waals surface area contributed by atoms with Gasteiger partial charge in [-0.15, -0.1) is 0 Å². The first kappa shape index (κ1) is 13.0. The number of nitrogens with zero attached hydrogens (tertiary/aromatic N) is 1. The van der Waals surface area contributed by atoms with Crippen LogP contribution >= 0.6 is 0 Å². The maximum atomic E-state index is 5.94. The molecule has 0 spiro atoms. The van der Waals surface area contributed by atoms with Crippen LogP contribution in [0.1, 0.15) is 41.0 Å². The van der Waals surface area contributed by atoms with Crippen molar-refractivity contribution in [3.05, 3.63) is 0 Å². The molecule has 1 rings (SSSR count). The van der Waals surface area contributed by atoms with E-state index < -0.39 is 0 Å². The van der Waals surface area contributed by atoms with Gasteiger partial charge in [-0.1, -0.05) is 34.6 Å². The number of likely N-dealkylation sites (tertiary alicyclic amines) is 1. The van der Waals surface area contributed by atoms with Gasteiger partial charge < -0.3 is 5.73 Å². The Bertz CT molecular complexity index is 185. The Morgan fingerprint density at radius 1 is 1.20 bits per heavy atom. The summed E-state index contributed by atoms with van der Waals surface area (Å²) >= 11 is 0. The van der Waals surface area contributed by atoms with Gasteiger partial charge in [-0.25, -0.2) is 0 Å². The Hall–Kier alpha value is -0.0800. The lowest BCUT2D eigenvalue weighted by Gasteiger charge is -2.45. The smallest absolute Gasteiger partial charge is 0.0267 e. The van der Waals surface area contributed by atoms with Crippen molar-refractivity contribution in [2.75, 3.05) is 19.6 Å². The maximum absolute atomic E-state index is 5.94. The lowest BCUT2D eigenvalue weighted by molar-refractivity contribution is 0.0442. The van der Waals surface area contributed by atoms with Crippen LogP contribution in [-0.4, -0.2) is 30.6 Å². The van der Waals surface area contributed by atoms with E-state index >= 15 is 0 Å². The van der Waals surface area contributed by atoms with Crippen molar-refractivity contribution in [1.82, 2.24) is 4.90 Å². The second kappa shape index (κ2) is 4.84. The number of nitrogens with two attached hydrogens (primary N) is 1. The molecule has 0 aromatic heterocycles.